The van der Waals surface area contributed by atoms with Crippen molar-refractivity contribution in [2.24, 2.45) is 0 Å². The van der Waals surface area contributed by atoms with Crippen LogP contribution in [0.2, 0.25) is 5.15 Å². The number of nitrogens with one attached hydrogen (secondary N) is 1. The van der Waals surface area contributed by atoms with Gasteiger partial charge in [-0.05, 0) is 31.0 Å². The molecule has 0 amide bonds. The van der Waals surface area contributed by atoms with Crippen LogP contribution in [0.15, 0.2) is 40.0 Å². The second-order valence-corrected chi connectivity index (χ2v) is 6.70. The lowest BCUT2D eigenvalue weighted by Gasteiger charge is -2.22. The maximum absolute atomic E-state index is 12.4. The number of aromatic nitrogens is 1. The minimum absolute atomic E-state index is 0.00251. The maximum Gasteiger partial charge on any atom is 0.244 e. The zero-order valence-electron chi connectivity index (χ0n) is 10.5. The van der Waals surface area contributed by atoms with Crippen molar-refractivity contribution in [1.29, 1.82) is 0 Å². The highest BCUT2D eigenvalue weighted by molar-refractivity contribution is 7.89. The Kier molecular flexibility index (Phi) is 3.54. The molecule has 0 bridgehead atoms. The van der Waals surface area contributed by atoms with Crippen LogP contribution in [0.4, 0.5) is 0 Å². The van der Waals surface area contributed by atoms with Crippen molar-refractivity contribution in [3.63, 3.8) is 0 Å². The van der Waals surface area contributed by atoms with E-state index in [0.717, 1.165) is 30.6 Å². The molecule has 1 atom stereocenters. The smallest absolute Gasteiger partial charge is 0.244 e. The van der Waals surface area contributed by atoms with Gasteiger partial charge in [0.05, 0.1) is 12.3 Å². The van der Waals surface area contributed by atoms with E-state index in [-0.39, 0.29) is 16.1 Å². The fourth-order valence-corrected chi connectivity index (χ4v) is 4.13. The normalized spacial score (nSPS) is 18.8. The highest BCUT2D eigenvalue weighted by atomic mass is 35.5. The van der Waals surface area contributed by atoms with Gasteiger partial charge in [0.1, 0.15) is 15.8 Å². The molecule has 20 heavy (non-hydrogen) atoms. The summed E-state index contributed by atoms with van der Waals surface area (Å²) >= 11 is 5.86. The first kappa shape index (κ1) is 13.6. The fraction of sp³-hybridized carbons (Fsp3) is 0.308. The summed E-state index contributed by atoms with van der Waals surface area (Å²) in [5.41, 5.74) is 0.903. The number of pyridine rings is 1. The molecular weight excluding hydrogens is 300 g/mol. The first-order valence-corrected chi connectivity index (χ1v) is 8.13. The Bertz CT molecular complexity index is 727. The first-order valence-electron chi connectivity index (χ1n) is 6.27. The lowest BCUT2D eigenvalue weighted by molar-refractivity contribution is 0.438. The van der Waals surface area contributed by atoms with Gasteiger partial charge in [0.25, 0.3) is 0 Å². The van der Waals surface area contributed by atoms with Crippen LogP contribution >= 0.6 is 11.6 Å². The van der Waals surface area contributed by atoms with Crippen molar-refractivity contribution >= 4 is 21.6 Å². The molecule has 106 valence electrons. The van der Waals surface area contributed by atoms with Gasteiger partial charge in [0.15, 0.2) is 0 Å². The molecule has 2 heterocycles. The molecular formula is C13H13ClN2O3S. The number of hydrogen-bond donors (Lipinski definition) is 1. The SMILES string of the molecule is O=S(=O)(NC1CCCc2occc21)c1cccnc1Cl. The minimum atomic E-state index is -3.70. The van der Waals surface area contributed by atoms with Crippen LogP contribution in [0.3, 0.4) is 0 Å². The van der Waals surface area contributed by atoms with Crippen LogP contribution < -0.4 is 4.72 Å². The molecule has 0 radical (unpaired) electrons. The zero-order chi connectivity index (χ0) is 14.2. The number of halogens is 1. The van der Waals surface area contributed by atoms with E-state index in [1.807, 2.05) is 6.07 Å². The van der Waals surface area contributed by atoms with E-state index in [2.05, 4.69) is 9.71 Å². The van der Waals surface area contributed by atoms with Crippen LogP contribution in [-0.4, -0.2) is 13.4 Å². The van der Waals surface area contributed by atoms with Gasteiger partial charge in [0, 0.05) is 18.2 Å². The summed E-state index contributed by atoms with van der Waals surface area (Å²) in [6.07, 6.45) is 5.51. The Hall–Kier alpha value is -1.37. The molecule has 1 aliphatic carbocycles. The van der Waals surface area contributed by atoms with E-state index in [1.54, 1.807) is 12.3 Å². The van der Waals surface area contributed by atoms with E-state index in [4.69, 9.17) is 16.0 Å². The molecule has 2 aromatic heterocycles. The van der Waals surface area contributed by atoms with E-state index in [9.17, 15) is 8.42 Å². The lowest BCUT2D eigenvalue weighted by atomic mass is 9.94. The molecule has 5 nitrogen and oxygen atoms in total. The topological polar surface area (TPSA) is 72.2 Å². The molecule has 2 aromatic rings. The summed E-state index contributed by atoms with van der Waals surface area (Å²) < 4.78 is 32.8. The van der Waals surface area contributed by atoms with E-state index in [0.29, 0.717) is 0 Å². The second-order valence-electron chi connectivity index (χ2n) is 4.66. The van der Waals surface area contributed by atoms with Gasteiger partial charge < -0.3 is 4.42 Å². The number of fused-ring (bicyclic) bond motifs is 1. The predicted molar refractivity (Wildman–Crippen MR) is 74.0 cm³/mol. The van der Waals surface area contributed by atoms with Crippen molar-refractivity contribution < 1.29 is 12.8 Å². The Morgan fingerprint density at radius 3 is 3.05 bits per heavy atom. The monoisotopic (exact) mass is 312 g/mol. The van der Waals surface area contributed by atoms with Gasteiger partial charge in [-0.2, -0.15) is 0 Å². The fourth-order valence-electron chi connectivity index (χ4n) is 2.43. The summed E-state index contributed by atoms with van der Waals surface area (Å²) in [4.78, 5) is 3.80. The Morgan fingerprint density at radius 2 is 2.25 bits per heavy atom. The number of hydrogen-bond acceptors (Lipinski definition) is 4. The van der Waals surface area contributed by atoms with Crippen molar-refractivity contribution in [3.8, 4) is 0 Å². The number of sulfonamides is 1. The molecule has 0 aliphatic heterocycles. The molecule has 0 saturated heterocycles. The molecule has 3 rings (SSSR count). The average molecular weight is 313 g/mol. The molecule has 0 fully saturated rings. The van der Waals surface area contributed by atoms with Crippen LogP contribution in [-0.2, 0) is 16.4 Å². The predicted octanol–water partition coefficient (Wildman–Crippen LogP) is 2.68. The maximum atomic E-state index is 12.4. The number of aryl methyl sites for hydroxylation is 1. The standard InChI is InChI=1S/C13H13ClN2O3S/c14-13-12(5-2-7-15-13)20(17,18)16-10-3-1-4-11-9(10)6-8-19-11/h2,5-8,10,16H,1,3-4H2. The van der Waals surface area contributed by atoms with Gasteiger partial charge in [-0.15, -0.1) is 0 Å². The second kappa shape index (κ2) is 5.20. The molecule has 0 aromatic carbocycles. The highest BCUT2D eigenvalue weighted by Gasteiger charge is 2.28. The van der Waals surface area contributed by atoms with Crippen LogP contribution in [0.5, 0.6) is 0 Å². The molecule has 1 unspecified atom stereocenters. The quantitative estimate of drug-likeness (QED) is 0.884. The summed E-state index contributed by atoms with van der Waals surface area (Å²) in [6.45, 7) is 0. The Morgan fingerprint density at radius 1 is 1.40 bits per heavy atom. The van der Waals surface area contributed by atoms with E-state index >= 15 is 0 Å². The molecule has 0 saturated carbocycles. The third-order valence-corrected chi connectivity index (χ3v) is 5.28. The number of furan rings is 1. The van der Waals surface area contributed by atoms with Crippen molar-refractivity contribution in [3.05, 3.63) is 47.1 Å². The van der Waals surface area contributed by atoms with Crippen LogP contribution in [0, 0.1) is 0 Å². The van der Waals surface area contributed by atoms with E-state index < -0.39 is 10.0 Å². The van der Waals surface area contributed by atoms with Gasteiger partial charge >= 0.3 is 0 Å². The van der Waals surface area contributed by atoms with Gasteiger partial charge in [-0.3, -0.25) is 0 Å². The zero-order valence-corrected chi connectivity index (χ0v) is 12.1. The van der Waals surface area contributed by atoms with Gasteiger partial charge in [-0.25, -0.2) is 18.1 Å². The Labute approximate surface area is 122 Å². The summed E-state index contributed by atoms with van der Waals surface area (Å²) in [6, 6.07) is 4.52. The van der Waals surface area contributed by atoms with Crippen LogP contribution in [0.25, 0.3) is 0 Å². The van der Waals surface area contributed by atoms with Crippen molar-refractivity contribution in [2.75, 3.05) is 0 Å². The third kappa shape index (κ3) is 2.46. The molecule has 7 heteroatoms. The molecule has 0 spiro atoms. The van der Waals surface area contributed by atoms with Gasteiger partial charge in [-0.1, -0.05) is 11.6 Å². The first-order chi connectivity index (χ1) is 9.58. The molecule has 1 N–H and O–H groups in total. The summed E-state index contributed by atoms with van der Waals surface area (Å²) in [7, 11) is -3.70. The van der Waals surface area contributed by atoms with Crippen LogP contribution in [0.1, 0.15) is 30.2 Å². The van der Waals surface area contributed by atoms with Crippen molar-refractivity contribution in [2.45, 2.75) is 30.2 Å². The summed E-state index contributed by atoms with van der Waals surface area (Å²) in [5.74, 6) is 0.848. The largest absolute Gasteiger partial charge is 0.469 e. The van der Waals surface area contributed by atoms with E-state index in [1.165, 1.54) is 12.3 Å². The average Bonchev–Trinajstić information content (AvgIpc) is 2.88. The summed E-state index contributed by atoms with van der Waals surface area (Å²) in [5, 5.41) is -0.0248. The highest BCUT2D eigenvalue weighted by Crippen LogP contribution is 2.32. The number of rotatable bonds is 3. The Balaban J connectivity index is 1.91. The third-order valence-electron chi connectivity index (χ3n) is 3.36. The minimum Gasteiger partial charge on any atom is -0.469 e. The lowest BCUT2D eigenvalue weighted by Crippen LogP contribution is -2.30. The number of nitrogens with zero attached hydrogens (tertiary/aromatic N) is 1. The molecule has 1 aliphatic rings. The van der Waals surface area contributed by atoms with Gasteiger partial charge in [0.2, 0.25) is 10.0 Å². The van der Waals surface area contributed by atoms with Crippen molar-refractivity contribution in [1.82, 2.24) is 9.71 Å².